The number of thioether (sulfide) groups is 1. The van der Waals surface area contributed by atoms with Crippen molar-refractivity contribution in [3.63, 3.8) is 0 Å². The number of nitrogens with zero attached hydrogens (tertiary/aromatic N) is 1. The monoisotopic (exact) mass is 371 g/mol. The van der Waals surface area contributed by atoms with Crippen molar-refractivity contribution in [2.24, 2.45) is 0 Å². The second kappa shape index (κ2) is 6.38. The van der Waals surface area contributed by atoms with Crippen molar-refractivity contribution in [2.75, 3.05) is 19.8 Å². The fraction of sp³-hybridized carbons (Fsp3) is 0.214. The number of aliphatic carboxylic acids is 1. The number of fused-ring (bicyclic) bond motifs is 1. The third-order valence-corrected chi connectivity index (χ3v) is 4.74. The highest BCUT2D eigenvalue weighted by molar-refractivity contribution is 8.26. The van der Waals surface area contributed by atoms with Crippen LogP contribution in [0, 0.1) is 0 Å². The standard InChI is InChI=1S/C14H10ClNO5S2/c15-8-3-7(4-9-12(8)21-2-1-20-9)5-10-13(19)16(6-11(17)18)14(22)23-10/h3-5H,1-2,6H2,(H,17,18)/b10-5+. The van der Waals surface area contributed by atoms with Gasteiger partial charge < -0.3 is 14.6 Å². The van der Waals surface area contributed by atoms with Gasteiger partial charge in [-0.3, -0.25) is 14.5 Å². The molecule has 1 N–H and O–H groups in total. The average molecular weight is 372 g/mol. The summed E-state index contributed by atoms with van der Waals surface area (Å²) in [5, 5.41) is 9.21. The zero-order valence-electron chi connectivity index (χ0n) is 11.6. The molecule has 0 radical (unpaired) electrons. The Balaban J connectivity index is 1.90. The van der Waals surface area contributed by atoms with Gasteiger partial charge in [0.2, 0.25) is 0 Å². The molecule has 1 amide bonds. The Morgan fingerprint density at radius 1 is 1.43 bits per heavy atom. The summed E-state index contributed by atoms with van der Waals surface area (Å²) in [6.45, 7) is 0.400. The maximum Gasteiger partial charge on any atom is 0.323 e. The van der Waals surface area contributed by atoms with Gasteiger partial charge in [0.1, 0.15) is 24.1 Å². The smallest absolute Gasteiger partial charge is 0.323 e. The molecular formula is C14H10ClNO5S2. The fourth-order valence-electron chi connectivity index (χ4n) is 2.14. The molecule has 0 saturated carbocycles. The number of thiocarbonyl (C=S) groups is 1. The number of carbonyl (C=O) groups is 2. The summed E-state index contributed by atoms with van der Waals surface area (Å²) in [7, 11) is 0. The van der Waals surface area contributed by atoms with Crippen LogP contribution in [-0.2, 0) is 9.59 Å². The largest absolute Gasteiger partial charge is 0.486 e. The van der Waals surface area contributed by atoms with Crippen LogP contribution in [0.5, 0.6) is 11.5 Å². The summed E-state index contributed by atoms with van der Waals surface area (Å²) >= 11 is 12.3. The molecule has 0 bridgehead atoms. The number of hydrogen-bond acceptors (Lipinski definition) is 6. The summed E-state index contributed by atoms with van der Waals surface area (Å²) in [6.07, 6.45) is 1.60. The Kier molecular flexibility index (Phi) is 4.47. The fourth-order valence-corrected chi connectivity index (χ4v) is 3.67. The van der Waals surface area contributed by atoms with Crippen molar-refractivity contribution in [1.82, 2.24) is 4.90 Å². The molecule has 6 nitrogen and oxygen atoms in total. The minimum absolute atomic E-state index is 0.215. The zero-order chi connectivity index (χ0) is 16.6. The zero-order valence-corrected chi connectivity index (χ0v) is 14.0. The van der Waals surface area contributed by atoms with E-state index in [1.165, 1.54) is 0 Å². The van der Waals surface area contributed by atoms with Gasteiger partial charge in [0.15, 0.2) is 11.5 Å². The number of rotatable bonds is 3. The number of carboxylic acids is 1. The average Bonchev–Trinajstić information content (AvgIpc) is 2.74. The van der Waals surface area contributed by atoms with E-state index in [-0.39, 0.29) is 4.32 Å². The maximum absolute atomic E-state index is 12.2. The first kappa shape index (κ1) is 16.1. The van der Waals surface area contributed by atoms with Gasteiger partial charge in [0.25, 0.3) is 5.91 Å². The van der Waals surface area contributed by atoms with Gasteiger partial charge in [-0.05, 0) is 23.8 Å². The Morgan fingerprint density at radius 2 is 2.17 bits per heavy atom. The van der Waals surface area contributed by atoms with Gasteiger partial charge >= 0.3 is 5.97 Å². The topological polar surface area (TPSA) is 76.1 Å². The Bertz CT molecular complexity index is 749. The lowest BCUT2D eigenvalue weighted by molar-refractivity contribution is -0.140. The highest BCUT2D eigenvalue weighted by Gasteiger charge is 2.33. The molecule has 9 heteroatoms. The first-order chi connectivity index (χ1) is 11.0. The predicted octanol–water partition coefficient (Wildman–Crippen LogP) is 2.40. The summed E-state index contributed by atoms with van der Waals surface area (Å²) in [5.41, 5.74) is 0.648. The molecule has 0 aromatic heterocycles. The van der Waals surface area contributed by atoms with Crippen LogP contribution in [0.25, 0.3) is 6.08 Å². The lowest BCUT2D eigenvalue weighted by Crippen LogP contribution is -2.33. The van der Waals surface area contributed by atoms with Crippen LogP contribution in [0.1, 0.15) is 5.56 Å². The molecule has 0 spiro atoms. The number of carboxylic acid groups (broad SMARTS) is 1. The van der Waals surface area contributed by atoms with Crippen molar-refractivity contribution in [2.45, 2.75) is 0 Å². The Hall–Kier alpha value is -1.77. The van der Waals surface area contributed by atoms with E-state index < -0.39 is 18.4 Å². The highest BCUT2D eigenvalue weighted by Crippen LogP contribution is 2.40. The van der Waals surface area contributed by atoms with Gasteiger partial charge in [0.05, 0.1) is 9.93 Å². The van der Waals surface area contributed by atoms with E-state index in [1.807, 2.05) is 0 Å². The van der Waals surface area contributed by atoms with E-state index in [9.17, 15) is 9.59 Å². The van der Waals surface area contributed by atoms with E-state index >= 15 is 0 Å². The molecule has 3 rings (SSSR count). The number of benzene rings is 1. The molecule has 120 valence electrons. The first-order valence-electron chi connectivity index (χ1n) is 6.52. The van der Waals surface area contributed by atoms with Crippen LogP contribution in [0.4, 0.5) is 0 Å². The first-order valence-corrected chi connectivity index (χ1v) is 8.12. The van der Waals surface area contributed by atoms with Gasteiger partial charge in [-0.2, -0.15) is 0 Å². The van der Waals surface area contributed by atoms with Crippen molar-refractivity contribution < 1.29 is 24.2 Å². The van der Waals surface area contributed by atoms with Gasteiger partial charge in [-0.15, -0.1) is 0 Å². The summed E-state index contributed by atoms with van der Waals surface area (Å²) in [5.74, 6) is -0.567. The normalized spacial score (nSPS) is 18.7. The molecule has 0 atom stereocenters. The third-order valence-electron chi connectivity index (χ3n) is 3.08. The van der Waals surface area contributed by atoms with Crippen LogP contribution in [0.15, 0.2) is 17.0 Å². The number of ether oxygens (including phenoxy) is 2. The van der Waals surface area contributed by atoms with Crippen LogP contribution in [0.2, 0.25) is 5.02 Å². The van der Waals surface area contributed by atoms with Crippen LogP contribution < -0.4 is 9.47 Å². The SMILES string of the molecule is O=C(O)CN1C(=O)/C(=C\c2cc(Cl)c3c(c2)OCCO3)SC1=S. The molecule has 1 saturated heterocycles. The van der Waals surface area contributed by atoms with E-state index in [0.717, 1.165) is 16.7 Å². The van der Waals surface area contributed by atoms with Crippen LogP contribution in [-0.4, -0.2) is 46.0 Å². The van der Waals surface area contributed by atoms with Crippen molar-refractivity contribution in [3.8, 4) is 11.5 Å². The second-order valence-corrected chi connectivity index (χ2v) is 6.77. The van der Waals surface area contributed by atoms with Crippen molar-refractivity contribution >= 4 is 57.9 Å². The van der Waals surface area contributed by atoms with E-state index in [4.69, 9.17) is 38.4 Å². The molecule has 23 heavy (non-hydrogen) atoms. The molecule has 0 aliphatic carbocycles. The van der Waals surface area contributed by atoms with Crippen LogP contribution in [0.3, 0.4) is 0 Å². The van der Waals surface area contributed by atoms with Gasteiger partial charge in [-0.1, -0.05) is 35.6 Å². The Labute approximate surface area is 146 Å². The van der Waals surface area contributed by atoms with Gasteiger partial charge in [-0.25, -0.2) is 0 Å². The molecule has 2 aliphatic heterocycles. The lowest BCUT2D eigenvalue weighted by Gasteiger charge is -2.19. The second-order valence-electron chi connectivity index (χ2n) is 4.69. The number of carbonyl (C=O) groups excluding carboxylic acids is 1. The maximum atomic E-state index is 12.2. The Morgan fingerprint density at radius 3 is 2.91 bits per heavy atom. The number of amides is 1. The summed E-state index contributed by atoms with van der Waals surface area (Å²) in [6, 6.07) is 3.36. The minimum Gasteiger partial charge on any atom is -0.486 e. The number of halogens is 1. The summed E-state index contributed by atoms with van der Waals surface area (Å²) < 4.78 is 11.1. The predicted molar refractivity (Wildman–Crippen MR) is 90.0 cm³/mol. The molecule has 2 aliphatic rings. The lowest BCUT2D eigenvalue weighted by atomic mass is 10.1. The van der Waals surface area contributed by atoms with Crippen molar-refractivity contribution in [1.29, 1.82) is 0 Å². The van der Waals surface area contributed by atoms with Gasteiger partial charge in [0, 0.05) is 0 Å². The highest BCUT2D eigenvalue weighted by atomic mass is 35.5. The molecule has 2 heterocycles. The van der Waals surface area contributed by atoms with E-state index in [1.54, 1.807) is 18.2 Å². The molecule has 1 aromatic carbocycles. The summed E-state index contributed by atoms with van der Waals surface area (Å²) in [4.78, 5) is 24.4. The van der Waals surface area contributed by atoms with E-state index in [0.29, 0.717) is 40.2 Å². The molecule has 1 fully saturated rings. The van der Waals surface area contributed by atoms with Crippen molar-refractivity contribution in [3.05, 3.63) is 27.6 Å². The quantitative estimate of drug-likeness (QED) is 0.645. The minimum atomic E-state index is -1.12. The molecular weight excluding hydrogens is 362 g/mol. The molecule has 1 aromatic rings. The molecule has 0 unspecified atom stereocenters. The third kappa shape index (κ3) is 3.29. The van der Waals surface area contributed by atoms with Crippen LogP contribution >= 0.6 is 35.6 Å². The number of hydrogen-bond donors (Lipinski definition) is 1. The van der Waals surface area contributed by atoms with E-state index in [2.05, 4.69) is 0 Å².